The second kappa shape index (κ2) is 12.8. The van der Waals surface area contributed by atoms with Crippen LogP contribution in [0.4, 0.5) is 0 Å². The van der Waals surface area contributed by atoms with E-state index in [-0.39, 0.29) is 25.5 Å². The van der Waals surface area contributed by atoms with E-state index in [1.807, 2.05) is 61.5 Å². The first-order valence-corrected chi connectivity index (χ1v) is 17.6. The summed E-state index contributed by atoms with van der Waals surface area (Å²) >= 11 is 0. The van der Waals surface area contributed by atoms with E-state index in [1.54, 1.807) is 12.4 Å². The maximum absolute atomic E-state index is 5.97. The van der Waals surface area contributed by atoms with Gasteiger partial charge in [-0.2, -0.15) is 0 Å². The fourth-order valence-corrected chi connectivity index (χ4v) is 6.60. The molecule has 0 aliphatic heterocycles. The molecule has 0 fully saturated rings. The molecule has 0 N–H and O–H groups in total. The molecule has 6 rings (SSSR count). The molecule has 2 aromatic carbocycles. The first-order valence-electron chi connectivity index (χ1n) is 14.1. The molecular formula is C36H37IrN3OSi-2. The molecule has 0 spiro atoms. The third-order valence-corrected chi connectivity index (χ3v) is 8.97. The number of benzene rings is 2. The van der Waals surface area contributed by atoms with Gasteiger partial charge in [-0.05, 0) is 65.2 Å². The van der Waals surface area contributed by atoms with E-state index in [9.17, 15) is 0 Å². The Morgan fingerprint density at radius 1 is 0.857 bits per heavy atom. The first kappa shape index (κ1) is 31.5. The van der Waals surface area contributed by atoms with Crippen LogP contribution in [0.25, 0.3) is 44.5 Å². The van der Waals surface area contributed by atoms with Crippen LogP contribution in [0, 0.1) is 24.6 Å². The van der Waals surface area contributed by atoms with Crippen LogP contribution in [0.3, 0.4) is 0 Å². The number of aromatic nitrogens is 3. The van der Waals surface area contributed by atoms with Gasteiger partial charge in [0.15, 0.2) is 0 Å². The van der Waals surface area contributed by atoms with Gasteiger partial charge in [-0.25, -0.2) is 0 Å². The molecule has 4 heterocycles. The second-order valence-corrected chi connectivity index (χ2v) is 17.8. The maximum atomic E-state index is 5.97. The summed E-state index contributed by atoms with van der Waals surface area (Å²) < 4.78 is 5.97. The molecule has 0 atom stereocenters. The van der Waals surface area contributed by atoms with Crippen molar-refractivity contribution in [2.45, 2.75) is 53.8 Å². The summed E-state index contributed by atoms with van der Waals surface area (Å²) in [4.78, 5) is 13.3. The largest absolute Gasteiger partial charge is 0.500 e. The average molecular weight is 748 g/mol. The standard InChI is InChI=1S/C19H26NSi.C17H11N2O.Ir/c1-19(2,3)13-16-12-17(15-10-8-7-9-11-15)20-14-18(16)21(4,5)6;1-11-6-7-19-15(8-11)14-10-18-9-13-12-4-2-3-5-16(12)20-17(13)14;/h7-10,12,14H,13H2,1-6H3;2-9H,1H3;/q2*-1;. The van der Waals surface area contributed by atoms with Gasteiger partial charge in [0.1, 0.15) is 5.58 Å². The number of hydrogen-bond donors (Lipinski definition) is 0. The molecular weight excluding hydrogens is 711 g/mol. The van der Waals surface area contributed by atoms with E-state index in [0.29, 0.717) is 0 Å². The Morgan fingerprint density at radius 2 is 1.62 bits per heavy atom. The van der Waals surface area contributed by atoms with Crippen molar-refractivity contribution in [2.24, 2.45) is 5.41 Å². The summed E-state index contributed by atoms with van der Waals surface area (Å²) in [5.41, 5.74) is 8.31. The summed E-state index contributed by atoms with van der Waals surface area (Å²) in [5, 5.41) is 3.55. The van der Waals surface area contributed by atoms with Gasteiger partial charge in [0.05, 0.1) is 13.7 Å². The Kier molecular flexibility index (Phi) is 9.62. The van der Waals surface area contributed by atoms with E-state index >= 15 is 0 Å². The SMILES string of the molecule is CC(C)(C)Cc1cc(-c2[c-]cccc2)ncc1[Si](C)(C)C.Cc1ccnc(-c2[c-]ncc3c2oc2ccccc23)c1.[Ir]. The van der Waals surface area contributed by atoms with E-state index in [1.165, 1.54) is 10.8 Å². The van der Waals surface area contributed by atoms with Gasteiger partial charge >= 0.3 is 0 Å². The predicted molar refractivity (Wildman–Crippen MR) is 173 cm³/mol. The van der Waals surface area contributed by atoms with Crippen molar-refractivity contribution >= 4 is 35.2 Å². The average Bonchev–Trinajstić information content (AvgIpc) is 3.31. The van der Waals surface area contributed by atoms with Gasteiger partial charge in [-0.1, -0.05) is 87.4 Å². The fraction of sp³-hybridized carbons (Fsp3) is 0.250. The maximum Gasteiger partial charge on any atom is 0.121 e. The topological polar surface area (TPSA) is 51.8 Å². The van der Waals surface area contributed by atoms with Crippen molar-refractivity contribution in [3.8, 4) is 22.5 Å². The van der Waals surface area contributed by atoms with Crippen molar-refractivity contribution in [3.63, 3.8) is 0 Å². The van der Waals surface area contributed by atoms with Crippen molar-refractivity contribution in [1.82, 2.24) is 15.0 Å². The number of pyridine rings is 3. The normalized spacial score (nSPS) is 11.6. The summed E-state index contributed by atoms with van der Waals surface area (Å²) in [6.45, 7) is 16.1. The van der Waals surface area contributed by atoms with Gasteiger partial charge in [-0.15, -0.1) is 35.9 Å². The van der Waals surface area contributed by atoms with Gasteiger partial charge in [0.2, 0.25) is 0 Å². The van der Waals surface area contributed by atoms with Crippen LogP contribution in [0.5, 0.6) is 0 Å². The van der Waals surface area contributed by atoms with E-state index < -0.39 is 8.07 Å². The van der Waals surface area contributed by atoms with Gasteiger partial charge in [0.25, 0.3) is 0 Å². The summed E-state index contributed by atoms with van der Waals surface area (Å²) in [7, 11) is -1.37. The number of hydrogen-bond acceptors (Lipinski definition) is 4. The molecule has 6 aromatic rings. The van der Waals surface area contributed by atoms with E-state index in [2.05, 4.69) is 81.0 Å². The molecule has 6 heteroatoms. The third kappa shape index (κ3) is 7.30. The molecule has 0 saturated carbocycles. The molecule has 4 nitrogen and oxygen atoms in total. The summed E-state index contributed by atoms with van der Waals surface area (Å²) in [6.07, 6.45) is 9.80. The molecule has 0 bridgehead atoms. The number of furan rings is 1. The zero-order valence-electron chi connectivity index (χ0n) is 25.4. The minimum absolute atomic E-state index is 0. The molecule has 217 valence electrons. The Labute approximate surface area is 264 Å². The van der Waals surface area contributed by atoms with Crippen molar-refractivity contribution in [3.05, 3.63) is 109 Å². The quantitative estimate of drug-likeness (QED) is 0.134. The van der Waals surface area contributed by atoms with E-state index in [0.717, 1.165) is 56.4 Å². The Morgan fingerprint density at radius 3 is 2.31 bits per heavy atom. The predicted octanol–water partition coefficient (Wildman–Crippen LogP) is 8.83. The minimum atomic E-state index is -1.37. The fourth-order valence-electron chi connectivity index (χ4n) is 5.03. The van der Waals surface area contributed by atoms with Crippen LogP contribution < -0.4 is 5.19 Å². The Bertz CT molecular complexity index is 1800. The number of aryl methyl sites for hydroxylation is 1. The molecule has 4 aromatic heterocycles. The zero-order valence-corrected chi connectivity index (χ0v) is 28.8. The van der Waals surface area contributed by atoms with Crippen LogP contribution in [0.1, 0.15) is 31.9 Å². The molecule has 0 aliphatic rings. The molecule has 1 radical (unpaired) electrons. The van der Waals surface area contributed by atoms with Crippen LogP contribution >= 0.6 is 0 Å². The van der Waals surface area contributed by atoms with Gasteiger partial charge in [-0.3, -0.25) is 0 Å². The number of fused-ring (bicyclic) bond motifs is 3. The second-order valence-electron chi connectivity index (χ2n) is 12.8. The molecule has 0 amide bonds. The first-order chi connectivity index (χ1) is 19.5. The third-order valence-electron chi connectivity index (χ3n) is 6.91. The van der Waals surface area contributed by atoms with Crippen molar-refractivity contribution in [1.29, 1.82) is 0 Å². The smallest absolute Gasteiger partial charge is 0.121 e. The van der Waals surface area contributed by atoms with Gasteiger partial charge in [0, 0.05) is 37.9 Å². The van der Waals surface area contributed by atoms with E-state index in [4.69, 9.17) is 9.40 Å². The van der Waals surface area contributed by atoms with Crippen LogP contribution in [-0.2, 0) is 26.5 Å². The Hall–Kier alpha value is -3.44. The zero-order chi connectivity index (χ0) is 29.2. The van der Waals surface area contributed by atoms with Crippen molar-refractivity contribution in [2.75, 3.05) is 0 Å². The molecule has 42 heavy (non-hydrogen) atoms. The summed E-state index contributed by atoms with van der Waals surface area (Å²) in [6, 6.07) is 25.6. The summed E-state index contributed by atoms with van der Waals surface area (Å²) in [5.74, 6) is 0. The number of rotatable bonds is 4. The number of nitrogens with zero attached hydrogens (tertiary/aromatic N) is 3. The Balaban J connectivity index is 0.000000188. The monoisotopic (exact) mass is 748 g/mol. The van der Waals surface area contributed by atoms with Gasteiger partial charge < -0.3 is 19.4 Å². The van der Waals surface area contributed by atoms with Crippen LogP contribution in [-0.4, -0.2) is 23.0 Å². The van der Waals surface area contributed by atoms with Crippen LogP contribution in [0.15, 0.2) is 89.7 Å². The minimum Gasteiger partial charge on any atom is -0.500 e. The molecule has 0 saturated heterocycles. The molecule has 0 unspecified atom stereocenters. The molecule has 0 aliphatic carbocycles. The van der Waals surface area contributed by atoms with Crippen molar-refractivity contribution < 1.29 is 24.5 Å². The number of para-hydroxylation sites is 1. The van der Waals surface area contributed by atoms with Crippen LogP contribution in [0.2, 0.25) is 19.6 Å².